The summed E-state index contributed by atoms with van der Waals surface area (Å²) in [6.07, 6.45) is 10.2. The van der Waals surface area contributed by atoms with Crippen molar-refractivity contribution in [2.24, 2.45) is 5.92 Å². The van der Waals surface area contributed by atoms with Gasteiger partial charge in [-0.25, -0.2) is 0 Å². The monoisotopic (exact) mass is 149 g/mol. The average molecular weight is 149 g/mol. The van der Waals surface area contributed by atoms with Gasteiger partial charge in [0.2, 0.25) is 0 Å². The molecule has 0 spiro atoms. The first-order valence-corrected chi connectivity index (χ1v) is 4.79. The van der Waals surface area contributed by atoms with Gasteiger partial charge < -0.3 is 0 Å². The summed E-state index contributed by atoms with van der Waals surface area (Å²) < 4.78 is 0. The van der Waals surface area contributed by atoms with Gasteiger partial charge in [-0.15, -0.1) is 0 Å². The summed E-state index contributed by atoms with van der Waals surface area (Å²) in [7, 11) is 2.37. The molecule has 0 N–H and O–H groups in total. The standard InChI is InChI=1S/C10H18B/c1-3-4-9-5-7-10(11-2)8-6-9/h3-4,9-10H,5-8H2,1-2H3. The second-order valence-corrected chi connectivity index (χ2v) is 3.53. The SMILES string of the molecule is C[B]C1CCC(C=CC)CC1. The minimum atomic E-state index is 0.885. The van der Waals surface area contributed by atoms with E-state index in [0.29, 0.717) is 0 Å². The highest BCUT2D eigenvalue weighted by molar-refractivity contribution is 6.35. The minimum Gasteiger partial charge on any atom is -0.0917 e. The lowest BCUT2D eigenvalue weighted by Gasteiger charge is -2.25. The molecule has 1 heteroatoms. The Hall–Kier alpha value is -0.195. The Morgan fingerprint density at radius 2 is 1.82 bits per heavy atom. The summed E-state index contributed by atoms with van der Waals surface area (Å²) >= 11 is 0. The highest BCUT2D eigenvalue weighted by Crippen LogP contribution is 2.32. The summed E-state index contributed by atoms with van der Waals surface area (Å²) in [5, 5.41) is 0. The molecule has 1 aliphatic carbocycles. The molecule has 1 radical (unpaired) electrons. The highest BCUT2D eigenvalue weighted by Gasteiger charge is 2.17. The van der Waals surface area contributed by atoms with Crippen LogP contribution in [0.25, 0.3) is 0 Å². The number of hydrogen-bond acceptors (Lipinski definition) is 0. The van der Waals surface area contributed by atoms with Crippen molar-refractivity contribution in [2.45, 2.75) is 45.2 Å². The molecule has 1 rings (SSSR count). The van der Waals surface area contributed by atoms with E-state index in [1.54, 1.807) is 0 Å². The Morgan fingerprint density at radius 1 is 1.18 bits per heavy atom. The van der Waals surface area contributed by atoms with E-state index in [9.17, 15) is 0 Å². The average Bonchev–Trinajstić information content (AvgIpc) is 2.07. The predicted octanol–water partition coefficient (Wildman–Crippen LogP) is 3.29. The van der Waals surface area contributed by atoms with Crippen molar-refractivity contribution in [3.63, 3.8) is 0 Å². The lowest BCUT2D eigenvalue weighted by Crippen LogP contribution is -2.11. The van der Waals surface area contributed by atoms with E-state index >= 15 is 0 Å². The van der Waals surface area contributed by atoms with Crippen molar-refractivity contribution in [3.8, 4) is 0 Å². The molecule has 0 aromatic rings. The summed E-state index contributed by atoms with van der Waals surface area (Å²) in [6, 6.07) is 0. The van der Waals surface area contributed by atoms with Crippen LogP contribution in [0, 0.1) is 5.92 Å². The lowest BCUT2D eigenvalue weighted by atomic mass is 9.59. The van der Waals surface area contributed by atoms with Crippen LogP contribution in [0.1, 0.15) is 32.6 Å². The zero-order chi connectivity index (χ0) is 8.10. The van der Waals surface area contributed by atoms with Crippen LogP contribution in [0.3, 0.4) is 0 Å². The van der Waals surface area contributed by atoms with E-state index < -0.39 is 0 Å². The fourth-order valence-electron chi connectivity index (χ4n) is 1.94. The quantitative estimate of drug-likeness (QED) is 0.417. The maximum absolute atomic E-state index is 2.37. The third kappa shape index (κ3) is 2.73. The topological polar surface area (TPSA) is 0 Å². The third-order valence-electron chi connectivity index (χ3n) is 2.75. The molecular weight excluding hydrogens is 131 g/mol. The Bertz CT molecular complexity index is 121. The summed E-state index contributed by atoms with van der Waals surface area (Å²) in [4.78, 5) is 0. The zero-order valence-electron chi connectivity index (χ0n) is 7.72. The van der Waals surface area contributed by atoms with Gasteiger partial charge in [-0.3, -0.25) is 0 Å². The second kappa shape index (κ2) is 4.64. The molecule has 0 saturated heterocycles. The van der Waals surface area contributed by atoms with Gasteiger partial charge in [0.05, 0.1) is 0 Å². The molecule has 0 heterocycles. The van der Waals surface area contributed by atoms with Crippen molar-refractivity contribution in [3.05, 3.63) is 12.2 Å². The maximum Gasteiger partial charge on any atom is 0.110 e. The number of allylic oxidation sites excluding steroid dienone is 2. The number of rotatable bonds is 2. The molecule has 0 aromatic heterocycles. The van der Waals surface area contributed by atoms with Crippen LogP contribution >= 0.6 is 0 Å². The Balaban J connectivity index is 2.24. The van der Waals surface area contributed by atoms with Gasteiger partial charge in [-0.1, -0.05) is 37.6 Å². The molecule has 0 nitrogen and oxygen atoms in total. The van der Waals surface area contributed by atoms with Crippen LogP contribution < -0.4 is 0 Å². The molecule has 0 atom stereocenters. The van der Waals surface area contributed by atoms with Crippen molar-refractivity contribution in [1.29, 1.82) is 0 Å². The molecule has 1 aliphatic rings. The predicted molar refractivity (Wildman–Crippen MR) is 52.1 cm³/mol. The summed E-state index contributed by atoms with van der Waals surface area (Å²) in [5.74, 6) is 1.80. The molecule has 0 amide bonds. The van der Waals surface area contributed by atoms with E-state index in [2.05, 4.69) is 33.2 Å². The van der Waals surface area contributed by atoms with E-state index in [4.69, 9.17) is 0 Å². The van der Waals surface area contributed by atoms with Gasteiger partial charge in [0.25, 0.3) is 0 Å². The lowest BCUT2D eigenvalue weighted by molar-refractivity contribution is 0.417. The Labute approximate surface area is 71.3 Å². The molecule has 11 heavy (non-hydrogen) atoms. The molecule has 0 unspecified atom stereocenters. The summed E-state index contributed by atoms with van der Waals surface area (Å²) in [6.45, 7) is 4.32. The van der Waals surface area contributed by atoms with E-state index in [1.165, 1.54) is 25.7 Å². The smallest absolute Gasteiger partial charge is 0.0917 e. The number of hydrogen-bond donors (Lipinski definition) is 0. The molecule has 1 fully saturated rings. The molecule has 1 saturated carbocycles. The van der Waals surface area contributed by atoms with Crippen LogP contribution in [0.4, 0.5) is 0 Å². The molecule has 0 aromatic carbocycles. The third-order valence-corrected chi connectivity index (χ3v) is 2.75. The molecule has 61 valence electrons. The van der Waals surface area contributed by atoms with Gasteiger partial charge in [0.1, 0.15) is 7.28 Å². The Kier molecular flexibility index (Phi) is 3.75. The van der Waals surface area contributed by atoms with Gasteiger partial charge in [0.15, 0.2) is 0 Å². The van der Waals surface area contributed by atoms with Crippen molar-refractivity contribution in [2.75, 3.05) is 0 Å². The first kappa shape index (κ1) is 8.90. The van der Waals surface area contributed by atoms with Crippen LogP contribution in [0.5, 0.6) is 0 Å². The van der Waals surface area contributed by atoms with Gasteiger partial charge in [0, 0.05) is 0 Å². The fourth-order valence-corrected chi connectivity index (χ4v) is 1.94. The first-order valence-electron chi connectivity index (χ1n) is 4.79. The van der Waals surface area contributed by atoms with Gasteiger partial charge >= 0.3 is 0 Å². The zero-order valence-corrected chi connectivity index (χ0v) is 7.72. The minimum absolute atomic E-state index is 0.885. The van der Waals surface area contributed by atoms with Crippen LogP contribution in [0.15, 0.2) is 12.2 Å². The van der Waals surface area contributed by atoms with E-state index in [1.807, 2.05) is 0 Å². The Morgan fingerprint density at radius 3 is 2.27 bits per heavy atom. The van der Waals surface area contributed by atoms with E-state index in [-0.39, 0.29) is 0 Å². The van der Waals surface area contributed by atoms with E-state index in [0.717, 1.165) is 11.7 Å². The van der Waals surface area contributed by atoms with Gasteiger partial charge in [-0.2, -0.15) is 0 Å². The summed E-state index contributed by atoms with van der Waals surface area (Å²) in [5.41, 5.74) is 0. The second-order valence-electron chi connectivity index (χ2n) is 3.53. The van der Waals surface area contributed by atoms with Crippen molar-refractivity contribution >= 4 is 7.28 Å². The van der Waals surface area contributed by atoms with Crippen molar-refractivity contribution < 1.29 is 0 Å². The van der Waals surface area contributed by atoms with Crippen LogP contribution in [0.2, 0.25) is 12.6 Å². The fraction of sp³-hybridized carbons (Fsp3) is 0.800. The van der Waals surface area contributed by atoms with Crippen LogP contribution in [-0.4, -0.2) is 7.28 Å². The molecule has 0 aliphatic heterocycles. The van der Waals surface area contributed by atoms with Crippen LogP contribution in [-0.2, 0) is 0 Å². The van der Waals surface area contributed by atoms with Crippen molar-refractivity contribution in [1.82, 2.24) is 0 Å². The normalized spacial score (nSPS) is 32.5. The highest BCUT2D eigenvalue weighted by atomic mass is 14.2. The first-order chi connectivity index (χ1) is 5.36. The van der Waals surface area contributed by atoms with Gasteiger partial charge in [-0.05, 0) is 25.7 Å². The maximum atomic E-state index is 2.37. The largest absolute Gasteiger partial charge is 0.110 e. The molecule has 0 bridgehead atoms. The molecular formula is C10H18B.